The number of rotatable bonds is 2. The van der Waals surface area contributed by atoms with Crippen LogP contribution in [0, 0.1) is 17.8 Å². The minimum atomic E-state index is -3.60. The molecule has 6 heteroatoms. The van der Waals surface area contributed by atoms with E-state index in [0.29, 0.717) is 6.92 Å². The van der Waals surface area contributed by atoms with E-state index in [0.717, 1.165) is 0 Å². The first-order chi connectivity index (χ1) is 5.06. The van der Waals surface area contributed by atoms with Gasteiger partial charge in [-0.25, -0.2) is 0 Å². The molecule has 0 aliphatic carbocycles. The summed E-state index contributed by atoms with van der Waals surface area (Å²) < 4.78 is 0. The maximum Gasteiger partial charge on any atom is 0.300 e. The van der Waals surface area contributed by atoms with Gasteiger partial charge in [-0.1, -0.05) is 5.92 Å². The zero-order valence-electron chi connectivity index (χ0n) is 6.26. The summed E-state index contributed by atoms with van der Waals surface area (Å²) in [6, 6.07) is 0. The summed E-state index contributed by atoms with van der Waals surface area (Å²) in [7, 11) is 0. The highest BCUT2D eigenvalue weighted by atomic mass is 16.7. The van der Waals surface area contributed by atoms with E-state index in [1.807, 2.05) is 0 Å². The molecule has 0 rings (SSSR count). The highest BCUT2D eigenvalue weighted by molar-refractivity contribution is 5.10. The highest BCUT2D eigenvalue weighted by Gasteiger charge is 2.58. The molecule has 12 heavy (non-hydrogen) atoms. The molecule has 0 aliphatic rings. The first kappa shape index (κ1) is 11.3. The van der Waals surface area contributed by atoms with Gasteiger partial charge in [0.25, 0.3) is 0 Å². The molecule has 6 N–H and O–H groups in total. The maximum atomic E-state index is 8.56. The van der Waals surface area contributed by atoms with E-state index in [1.165, 1.54) is 5.92 Å². The zero-order valence-corrected chi connectivity index (χ0v) is 6.26. The summed E-state index contributed by atoms with van der Waals surface area (Å²) in [4.78, 5) is 0. The van der Waals surface area contributed by atoms with Crippen molar-refractivity contribution < 1.29 is 30.6 Å². The summed E-state index contributed by atoms with van der Waals surface area (Å²) >= 11 is 0. The minimum Gasteiger partial charge on any atom is -0.342 e. The Balaban J connectivity index is 5.14. The second kappa shape index (κ2) is 2.67. The number of terminal acetylenes is 1. The standard InChI is InChI=1S/C6H10O6/c1-3-4(2,5(7,8)9)6(10,11)12/h1,7-12H,2H3. The zero-order chi connectivity index (χ0) is 10.2. The van der Waals surface area contributed by atoms with Crippen LogP contribution in [0.5, 0.6) is 0 Å². The fourth-order valence-electron chi connectivity index (χ4n) is 0.419. The van der Waals surface area contributed by atoms with E-state index in [9.17, 15) is 0 Å². The van der Waals surface area contributed by atoms with Crippen LogP contribution in [-0.4, -0.2) is 42.6 Å². The lowest BCUT2D eigenvalue weighted by Gasteiger charge is -2.37. The number of aliphatic hydroxyl groups is 6. The Bertz CT molecular complexity index is 188. The Labute approximate surface area is 68.3 Å². The van der Waals surface area contributed by atoms with Gasteiger partial charge in [0.2, 0.25) is 0 Å². The Hall–Kier alpha value is -0.680. The molecule has 0 heterocycles. The smallest absolute Gasteiger partial charge is 0.300 e. The minimum absolute atomic E-state index is 0.674. The third-order valence-electron chi connectivity index (χ3n) is 1.63. The van der Waals surface area contributed by atoms with Crippen LogP contribution in [0.25, 0.3) is 0 Å². The Morgan fingerprint density at radius 1 is 0.917 bits per heavy atom. The second-order valence-corrected chi connectivity index (χ2v) is 2.54. The molecule has 0 radical (unpaired) electrons. The number of hydrogen-bond acceptors (Lipinski definition) is 6. The first-order valence-electron chi connectivity index (χ1n) is 2.88. The topological polar surface area (TPSA) is 121 Å². The van der Waals surface area contributed by atoms with Crippen LogP contribution in [0.4, 0.5) is 0 Å². The fourth-order valence-corrected chi connectivity index (χ4v) is 0.419. The van der Waals surface area contributed by atoms with Crippen molar-refractivity contribution in [3.05, 3.63) is 0 Å². The predicted octanol–water partition coefficient (Wildman–Crippen LogP) is -3.11. The van der Waals surface area contributed by atoms with Crippen LogP contribution in [-0.2, 0) is 0 Å². The molecule has 0 spiro atoms. The van der Waals surface area contributed by atoms with E-state index in [2.05, 4.69) is 6.42 Å². The van der Waals surface area contributed by atoms with E-state index in [1.54, 1.807) is 0 Å². The van der Waals surface area contributed by atoms with Gasteiger partial charge in [0.05, 0.1) is 0 Å². The summed E-state index contributed by atoms with van der Waals surface area (Å²) in [5.41, 5.74) is -2.72. The molecule has 0 fully saturated rings. The van der Waals surface area contributed by atoms with Gasteiger partial charge in [0.1, 0.15) is 0 Å². The van der Waals surface area contributed by atoms with E-state index >= 15 is 0 Å². The van der Waals surface area contributed by atoms with E-state index in [-0.39, 0.29) is 0 Å². The largest absolute Gasteiger partial charge is 0.342 e. The van der Waals surface area contributed by atoms with Crippen molar-refractivity contribution in [1.29, 1.82) is 0 Å². The van der Waals surface area contributed by atoms with E-state index < -0.39 is 17.4 Å². The lowest BCUT2D eigenvalue weighted by molar-refractivity contribution is -0.460. The van der Waals surface area contributed by atoms with Crippen molar-refractivity contribution in [2.75, 3.05) is 0 Å². The molecule has 0 aromatic heterocycles. The van der Waals surface area contributed by atoms with Crippen molar-refractivity contribution in [2.24, 2.45) is 5.41 Å². The first-order valence-corrected chi connectivity index (χ1v) is 2.88. The van der Waals surface area contributed by atoms with Gasteiger partial charge < -0.3 is 30.6 Å². The lowest BCUT2D eigenvalue weighted by Crippen LogP contribution is -2.60. The molecule has 0 atom stereocenters. The molecule has 70 valence electrons. The molecule has 6 nitrogen and oxygen atoms in total. The van der Waals surface area contributed by atoms with Gasteiger partial charge in [-0.3, -0.25) is 0 Å². The molecule has 0 aromatic carbocycles. The van der Waals surface area contributed by atoms with Gasteiger partial charge >= 0.3 is 11.9 Å². The lowest BCUT2D eigenvalue weighted by atomic mass is 9.85. The van der Waals surface area contributed by atoms with Crippen molar-refractivity contribution >= 4 is 0 Å². The van der Waals surface area contributed by atoms with Crippen LogP contribution < -0.4 is 0 Å². The molecule has 0 aromatic rings. The number of hydrogen-bond donors (Lipinski definition) is 6. The molecule has 0 amide bonds. The van der Waals surface area contributed by atoms with Crippen molar-refractivity contribution in [2.45, 2.75) is 18.9 Å². The molecule has 0 aliphatic heterocycles. The van der Waals surface area contributed by atoms with Crippen molar-refractivity contribution in [3.8, 4) is 12.3 Å². The van der Waals surface area contributed by atoms with Gasteiger partial charge in [-0.05, 0) is 6.92 Å². The highest BCUT2D eigenvalue weighted by Crippen LogP contribution is 2.34. The molecular weight excluding hydrogens is 168 g/mol. The van der Waals surface area contributed by atoms with Crippen LogP contribution in [0.15, 0.2) is 0 Å². The molecule has 0 bridgehead atoms. The van der Waals surface area contributed by atoms with Gasteiger partial charge in [-0.2, -0.15) is 0 Å². The molecule has 0 unspecified atom stereocenters. The van der Waals surface area contributed by atoms with Crippen LogP contribution in [0.3, 0.4) is 0 Å². The normalized spacial score (nSPS) is 14.2. The quantitative estimate of drug-likeness (QED) is 0.196. The summed E-state index contributed by atoms with van der Waals surface area (Å²) in [6.07, 6.45) is 4.67. The summed E-state index contributed by atoms with van der Waals surface area (Å²) in [6.45, 7) is 0.674. The van der Waals surface area contributed by atoms with Gasteiger partial charge in [0, 0.05) is 0 Å². The average Bonchev–Trinajstić information content (AvgIpc) is 1.81. The van der Waals surface area contributed by atoms with Gasteiger partial charge in [-0.15, -0.1) is 6.42 Å². The average molecular weight is 178 g/mol. The maximum absolute atomic E-state index is 8.56. The monoisotopic (exact) mass is 178 g/mol. The Kier molecular flexibility index (Phi) is 2.52. The predicted molar refractivity (Wildman–Crippen MR) is 35.7 cm³/mol. The molecule has 0 saturated heterocycles. The van der Waals surface area contributed by atoms with Crippen LogP contribution in [0.2, 0.25) is 0 Å². The van der Waals surface area contributed by atoms with Crippen molar-refractivity contribution in [1.82, 2.24) is 0 Å². The third-order valence-corrected chi connectivity index (χ3v) is 1.63. The fraction of sp³-hybridized carbons (Fsp3) is 0.667. The van der Waals surface area contributed by atoms with Gasteiger partial charge in [0.15, 0.2) is 5.41 Å². The SMILES string of the molecule is C#CC(C)(C(O)(O)O)C(O)(O)O. The second-order valence-electron chi connectivity index (χ2n) is 2.54. The summed E-state index contributed by atoms with van der Waals surface area (Å²) in [5.74, 6) is -5.74. The summed E-state index contributed by atoms with van der Waals surface area (Å²) in [5, 5.41) is 51.4. The molecular formula is C6H10O6. The van der Waals surface area contributed by atoms with Crippen molar-refractivity contribution in [3.63, 3.8) is 0 Å². The Morgan fingerprint density at radius 2 is 1.17 bits per heavy atom. The Morgan fingerprint density at radius 3 is 1.17 bits per heavy atom. The van der Waals surface area contributed by atoms with Crippen LogP contribution in [0.1, 0.15) is 6.92 Å². The third kappa shape index (κ3) is 1.56. The van der Waals surface area contributed by atoms with E-state index in [4.69, 9.17) is 30.6 Å². The van der Waals surface area contributed by atoms with Crippen LogP contribution >= 0.6 is 0 Å². The molecule has 0 saturated carbocycles.